The van der Waals surface area contributed by atoms with Crippen molar-refractivity contribution in [1.82, 2.24) is 14.9 Å². The molecular weight excluding hydrogens is 452 g/mol. The van der Waals surface area contributed by atoms with E-state index in [1.165, 1.54) is 30.3 Å². The third-order valence-electron chi connectivity index (χ3n) is 7.12. The van der Waals surface area contributed by atoms with Crippen LogP contribution < -0.4 is 15.3 Å². The van der Waals surface area contributed by atoms with Crippen LogP contribution in [0.15, 0.2) is 18.3 Å². The number of rotatable bonds is 3. The van der Waals surface area contributed by atoms with Gasteiger partial charge in [-0.3, -0.25) is 4.90 Å². The maximum Gasteiger partial charge on any atom is 0.492 e. The molecule has 0 unspecified atom stereocenters. The Hall–Kier alpha value is -2.89. The summed E-state index contributed by atoms with van der Waals surface area (Å²) in [5.41, 5.74) is 1.50. The Bertz CT molecular complexity index is 1310. The zero-order chi connectivity index (χ0) is 25.2. The summed E-state index contributed by atoms with van der Waals surface area (Å²) in [4.78, 5) is 26.2. The molecule has 1 aromatic carbocycles. The van der Waals surface area contributed by atoms with Gasteiger partial charge in [0.25, 0.3) is 0 Å². The van der Waals surface area contributed by atoms with Crippen LogP contribution in [0.2, 0.25) is 0 Å². The van der Waals surface area contributed by atoms with E-state index in [2.05, 4.69) is 26.8 Å². The van der Waals surface area contributed by atoms with Gasteiger partial charge in [0.15, 0.2) is 0 Å². The molecule has 0 spiro atoms. The van der Waals surface area contributed by atoms with E-state index in [1.807, 2.05) is 0 Å². The second kappa shape index (κ2) is 8.36. The normalized spacial score (nSPS) is 20.6. The minimum Gasteiger partial charge on any atom is -0.443 e. The Labute approximate surface area is 203 Å². The third kappa shape index (κ3) is 4.11. The summed E-state index contributed by atoms with van der Waals surface area (Å²) in [6, 6.07) is 3.04. The highest BCUT2D eigenvalue weighted by molar-refractivity contribution is 6.61. The van der Waals surface area contributed by atoms with E-state index in [9.17, 15) is 19.2 Å². The van der Waals surface area contributed by atoms with E-state index in [1.54, 1.807) is 20.8 Å². The van der Waals surface area contributed by atoms with Crippen molar-refractivity contribution in [3.8, 4) is 0 Å². The number of anilines is 2. The van der Waals surface area contributed by atoms with Gasteiger partial charge in [-0.05, 0) is 58.8 Å². The van der Waals surface area contributed by atoms with E-state index in [0.717, 1.165) is 26.1 Å². The van der Waals surface area contributed by atoms with Crippen LogP contribution in [0.25, 0.3) is 21.9 Å². The lowest BCUT2D eigenvalue weighted by Gasteiger charge is -2.26. The Kier molecular flexibility index (Phi) is 5.69. The number of H-pyrrole nitrogens is 1. The molecule has 11 heteroatoms. The minimum atomic E-state index is -1.73. The van der Waals surface area contributed by atoms with Crippen LogP contribution in [0.5, 0.6) is 0 Å². The molecule has 2 fully saturated rings. The van der Waals surface area contributed by atoms with Gasteiger partial charge in [0.05, 0.1) is 11.2 Å². The number of aromatic amines is 1. The molecule has 3 aromatic rings. The minimum absolute atomic E-state index is 0.271. The number of likely N-dealkylation sites (tertiary alicyclic amines) is 1. The second-order valence-corrected chi connectivity index (χ2v) is 10.7. The molecule has 0 radical (unpaired) electrons. The molecule has 0 bridgehead atoms. The zero-order valence-electron chi connectivity index (χ0n) is 20.7. The Balaban J connectivity index is 1.69. The van der Waals surface area contributed by atoms with Gasteiger partial charge in [-0.1, -0.05) is 0 Å². The second-order valence-electron chi connectivity index (χ2n) is 10.7. The van der Waals surface area contributed by atoms with Crippen LogP contribution in [-0.2, 0) is 4.74 Å². The lowest BCUT2D eigenvalue weighted by Crippen LogP contribution is -2.39. The zero-order valence-corrected chi connectivity index (χ0v) is 20.7. The molecule has 3 N–H and O–H groups in total. The van der Waals surface area contributed by atoms with Gasteiger partial charge in [0.1, 0.15) is 17.1 Å². The Morgan fingerprint density at radius 3 is 2.71 bits per heavy atom. The van der Waals surface area contributed by atoms with Crippen LogP contribution in [0.1, 0.15) is 27.2 Å². The van der Waals surface area contributed by atoms with Crippen LogP contribution >= 0.6 is 0 Å². The van der Waals surface area contributed by atoms with E-state index >= 15 is 0 Å². The molecular formula is C24H31BFN5O4. The van der Waals surface area contributed by atoms with Crippen molar-refractivity contribution in [2.45, 2.75) is 38.8 Å². The van der Waals surface area contributed by atoms with Crippen LogP contribution in [0.3, 0.4) is 0 Å². The molecule has 186 valence electrons. The van der Waals surface area contributed by atoms with Gasteiger partial charge in [0, 0.05) is 54.3 Å². The molecule has 1 amide bonds. The fraction of sp³-hybridized carbons (Fsp3) is 0.500. The van der Waals surface area contributed by atoms with Gasteiger partial charge >= 0.3 is 13.2 Å². The first-order chi connectivity index (χ1) is 16.4. The standard InChI is InChI=1S/C24H31BFN5O4/c1-24(2,3)35-23(32)30(5)17-9-14(26)8-15-19-21(31-11-13-6-7-29(4)18(13)12-31)16(25(33)34)10-27-22(19)28-20(15)17/h8-10,13,18,33-34H,6-7,11-12H2,1-5H3,(H,27,28)/t13-,18+/m0/s1. The summed E-state index contributed by atoms with van der Waals surface area (Å²) in [6.07, 6.45) is 1.91. The summed E-state index contributed by atoms with van der Waals surface area (Å²) in [6.45, 7) is 7.84. The van der Waals surface area contributed by atoms with Crippen molar-refractivity contribution in [2.24, 2.45) is 5.92 Å². The number of hydrogen-bond acceptors (Lipinski definition) is 7. The average molecular weight is 483 g/mol. The van der Waals surface area contributed by atoms with Gasteiger partial charge in [0.2, 0.25) is 0 Å². The first-order valence-corrected chi connectivity index (χ1v) is 11.9. The number of carbonyl (C=O) groups excluding carboxylic acids is 1. The van der Waals surface area contributed by atoms with Crippen molar-refractivity contribution in [2.75, 3.05) is 43.5 Å². The summed E-state index contributed by atoms with van der Waals surface area (Å²) < 4.78 is 20.4. The fourth-order valence-corrected chi connectivity index (χ4v) is 5.48. The first-order valence-electron chi connectivity index (χ1n) is 11.9. The van der Waals surface area contributed by atoms with E-state index in [4.69, 9.17) is 4.74 Å². The van der Waals surface area contributed by atoms with Crippen molar-refractivity contribution >= 4 is 52.0 Å². The van der Waals surface area contributed by atoms with Crippen LogP contribution in [0, 0.1) is 11.7 Å². The Morgan fingerprint density at radius 2 is 2.06 bits per heavy atom. The molecule has 4 heterocycles. The average Bonchev–Trinajstić information content (AvgIpc) is 3.44. The molecule has 0 aliphatic carbocycles. The predicted octanol–water partition coefficient (Wildman–Crippen LogP) is 2.05. The maximum atomic E-state index is 14.9. The van der Waals surface area contributed by atoms with Crippen molar-refractivity contribution in [3.05, 3.63) is 24.1 Å². The molecule has 9 nitrogen and oxygen atoms in total. The number of carbonyl (C=O) groups is 1. The largest absolute Gasteiger partial charge is 0.492 e. The summed E-state index contributed by atoms with van der Waals surface area (Å²) in [5.74, 6) is -0.0505. The molecule has 0 saturated carbocycles. The summed E-state index contributed by atoms with van der Waals surface area (Å²) >= 11 is 0. The highest BCUT2D eigenvalue weighted by Crippen LogP contribution is 2.40. The highest BCUT2D eigenvalue weighted by atomic mass is 19.1. The van der Waals surface area contributed by atoms with Crippen molar-refractivity contribution in [1.29, 1.82) is 0 Å². The first kappa shape index (κ1) is 23.8. The number of likely N-dealkylation sites (N-methyl/N-ethyl adjacent to an activating group) is 1. The van der Waals surface area contributed by atoms with E-state index < -0.39 is 24.6 Å². The number of nitrogens with zero attached hydrogens (tertiary/aromatic N) is 4. The molecule has 5 rings (SSSR count). The van der Waals surface area contributed by atoms with E-state index in [-0.39, 0.29) is 5.46 Å². The van der Waals surface area contributed by atoms with Gasteiger partial charge < -0.3 is 29.6 Å². The molecule has 2 aliphatic heterocycles. The number of hydrogen-bond donors (Lipinski definition) is 3. The summed E-state index contributed by atoms with van der Waals surface area (Å²) in [7, 11) is 1.91. The Morgan fingerprint density at radius 1 is 1.31 bits per heavy atom. The van der Waals surface area contributed by atoms with Crippen LogP contribution in [0.4, 0.5) is 20.6 Å². The van der Waals surface area contributed by atoms with E-state index in [0.29, 0.717) is 45.3 Å². The van der Waals surface area contributed by atoms with Gasteiger partial charge in [-0.25, -0.2) is 14.2 Å². The lowest BCUT2D eigenvalue weighted by molar-refractivity contribution is 0.0589. The number of nitrogens with one attached hydrogen (secondary N) is 1. The molecule has 2 aliphatic rings. The van der Waals surface area contributed by atoms with Crippen molar-refractivity contribution < 1.29 is 24.0 Å². The topological polar surface area (TPSA) is 105 Å². The maximum absolute atomic E-state index is 14.9. The SMILES string of the molecule is CN(C(=O)OC(C)(C)C)c1cc(F)cc2c1[nH]c1ncc(B(O)O)c(N3C[C@@H]4CCN(C)[C@@H]4C3)c12. The van der Waals surface area contributed by atoms with Gasteiger partial charge in [-0.15, -0.1) is 0 Å². The number of ether oxygens (including phenoxy) is 1. The van der Waals surface area contributed by atoms with Crippen molar-refractivity contribution in [3.63, 3.8) is 0 Å². The number of pyridine rings is 1. The summed E-state index contributed by atoms with van der Waals surface area (Å²) in [5, 5.41) is 21.5. The number of benzene rings is 1. The highest BCUT2D eigenvalue weighted by Gasteiger charge is 2.41. The molecule has 35 heavy (non-hydrogen) atoms. The molecule has 2 atom stereocenters. The number of halogens is 1. The smallest absolute Gasteiger partial charge is 0.443 e. The van der Waals surface area contributed by atoms with Gasteiger partial charge in [-0.2, -0.15) is 0 Å². The monoisotopic (exact) mass is 483 g/mol. The number of aromatic nitrogens is 2. The lowest BCUT2D eigenvalue weighted by atomic mass is 9.79. The number of fused-ring (bicyclic) bond motifs is 4. The number of amides is 1. The molecule has 2 saturated heterocycles. The fourth-order valence-electron chi connectivity index (χ4n) is 5.48. The molecule has 2 aromatic heterocycles. The van der Waals surface area contributed by atoms with Crippen LogP contribution in [-0.4, -0.2) is 83.5 Å². The quantitative estimate of drug-likeness (QED) is 0.490. The third-order valence-corrected chi connectivity index (χ3v) is 7.12. The predicted molar refractivity (Wildman–Crippen MR) is 135 cm³/mol.